The molecule has 1 saturated carbocycles. The number of aryl methyl sites for hydroxylation is 1. The summed E-state index contributed by atoms with van der Waals surface area (Å²) < 4.78 is 1.93. The molecule has 3 nitrogen and oxygen atoms in total. The third kappa shape index (κ3) is 3.14. The van der Waals surface area contributed by atoms with E-state index in [1.54, 1.807) is 0 Å². The quantitative estimate of drug-likeness (QED) is 0.898. The van der Waals surface area contributed by atoms with E-state index >= 15 is 0 Å². The van der Waals surface area contributed by atoms with Gasteiger partial charge in [-0.05, 0) is 50.3 Å². The molecule has 0 spiro atoms. The first kappa shape index (κ1) is 14.6. The summed E-state index contributed by atoms with van der Waals surface area (Å²) in [6.07, 6.45) is 4.58. The van der Waals surface area contributed by atoms with Gasteiger partial charge in [0.25, 0.3) is 0 Å². The second kappa shape index (κ2) is 5.82. The fourth-order valence-corrected chi connectivity index (χ4v) is 3.03. The Morgan fingerprint density at radius 3 is 2.48 bits per heavy atom. The second-order valence-electron chi connectivity index (χ2n) is 6.06. The molecule has 1 heterocycles. The third-order valence-electron chi connectivity index (χ3n) is 4.49. The molecule has 0 bridgehead atoms. The molecule has 21 heavy (non-hydrogen) atoms. The van der Waals surface area contributed by atoms with Crippen molar-refractivity contribution in [2.24, 2.45) is 13.0 Å². The molecule has 1 fully saturated rings. The van der Waals surface area contributed by atoms with Crippen LogP contribution in [0.25, 0.3) is 0 Å². The number of rotatable bonds is 5. The Bertz CT molecular complexity index is 613. The molecule has 2 atom stereocenters. The summed E-state index contributed by atoms with van der Waals surface area (Å²) in [6.45, 7) is 4.34. The van der Waals surface area contributed by atoms with E-state index in [-0.39, 0.29) is 0 Å². The van der Waals surface area contributed by atoms with Gasteiger partial charge in [-0.3, -0.25) is 4.68 Å². The summed E-state index contributed by atoms with van der Waals surface area (Å²) in [7, 11) is 1.99. The number of benzene rings is 1. The van der Waals surface area contributed by atoms with Crippen molar-refractivity contribution in [2.75, 3.05) is 0 Å². The summed E-state index contributed by atoms with van der Waals surface area (Å²) in [4.78, 5) is 0. The summed E-state index contributed by atoms with van der Waals surface area (Å²) in [5, 5.41) is 8.93. The lowest BCUT2D eigenvalue weighted by Crippen LogP contribution is -2.26. The van der Waals surface area contributed by atoms with Gasteiger partial charge in [0, 0.05) is 35.4 Å². The molecule has 0 aliphatic heterocycles. The summed E-state index contributed by atoms with van der Waals surface area (Å²) in [5.41, 5.74) is 3.83. The van der Waals surface area contributed by atoms with Crippen LogP contribution in [0.4, 0.5) is 0 Å². The number of halogens is 1. The van der Waals surface area contributed by atoms with Crippen LogP contribution in [0.1, 0.15) is 48.7 Å². The zero-order valence-corrected chi connectivity index (χ0v) is 13.6. The average molecular weight is 304 g/mol. The van der Waals surface area contributed by atoms with Crippen LogP contribution in [0, 0.1) is 12.8 Å². The van der Waals surface area contributed by atoms with Gasteiger partial charge in [-0.25, -0.2) is 0 Å². The van der Waals surface area contributed by atoms with Crippen molar-refractivity contribution in [3.05, 3.63) is 52.3 Å². The van der Waals surface area contributed by atoms with Crippen LogP contribution < -0.4 is 5.32 Å². The van der Waals surface area contributed by atoms with Gasteiger partial charge in [0.05, 0.1) is 6.20 Å². The molecule has 0 amide bonds. The second-order valence-corrected chi connectivity index (χ2v) is 6.50. The molecule has 112 valence electrons. The predicted molar refractivity (Wildman–Crippen MR) is 86.4 cm³/mol. The Morgan fingerprint density at radius 2 is 1.95 bits per heavy atom. The van der Waals surface area contributed by atoms with E-state index in [2.05, 4.69) is 36.4 Å². The minimum Gasteiger partial charge on any atom is -0.303 e. The minimum atomic E-state index is 0.292. The molecule has 1 aliphatic rings. The van der Waals surface area contributed by atoms with Gasteiger partial charge >= 0.3 is 0 Å². The molecule has 2 unspecified atom stereocenters. The topological polar surface area (TPSA) is 29.9 Å². The van der Waals surface area contributed by atoms with Crippen LogP contribution in [0.2, 0.25) is 5.02 Å². The smallest absolute Gasteiger partial charge is 0.0540 e. The standard InChI is InChI=1S/C17H22ClN3/c1-11(16-10-19-21(3)12(16)2)20-17(13-4-5-13)14-6-8-15(18)9-7-14/h6-11,13,17,20H,4-5H2,1-3H3. The monoisotopic (exact) mass is 303 g/mol. The maximum atomic E-state index is 6.01. The predicted octanol–water partition coefficient (Wildman–Crippen LogP) is 4.18. The van der Waals surface area contributed by atoms with Crippen LogP contribution in [-0.4, -0.2) is 9.78 Å². The third-order valence-corrected chi connectivity index (χ3v) is 4.74. The van der Waals surface area contributed by atoms with Gasteiger partial charge in [0.1, 0.15) is 0 Å². The average Bonchev–Trinajstić information content (AvgIpc) is 3.25. The van der Waals surface area contributed by atoms with Crippen molar-refractivity contribution in [2.45, 2.75) is 38.8 Å². The number of nitrogens with zero attached hydrogens (tertiary/aromatic N) is 2. The first-order valence-electron chi connectivity index (χ1n) is 7.56. The lowest BCUT2D eigenvalue weighted by molar-refractivity contribution is 0.426. The first-order chi connectivity index (χ1) is 10.1. The van der Waals surface area contributed by atoms with Crippen molar-refractivity contribution in [1.29, 1.82) is 0 Å². The van der Waals surface area contributed by atoms with Gasteiger partial charge in [-0.2, -0.15) is 5.10 Å². The largest absolute Gasteiger partial charge is 0.303 e. The summed E-state index contributed by atoms with van der Waals surface area (Å²) in [6, 6.07) is 8.93. The number of aromatic nitrogens is 2. The Labute approximate surface area is 131 Å². The van der Waals surface area contributed by atoms with Crippen LogP contribution in [0.15, 0.2) is 30.5 Å². The summed E-state index contributed by atoms with van der Waals surface area (Å²) >= 11 is 6.01. The molecule has 0 radical (unpaired) electrons. The number of hydrogen-bond acceptors (Lipinski definition) is 2. The van der Waals surface area contributed by atoms with Gasteiger partial charge in [0.15, 0.2) is 0 Å². The van der Waals surface area contributed by atoms with E-state index < -0.39 is 0 Å². The molecular weight excluding hydrogens is 282 g/mol. The highest BCUT2D eigenvalue weighted by Gasteiger charge is 2.33. The molecule has 3 rings (SSSR count). The highest BCUT2D eigenvalue weighted by Crippen LogP contribution is 2.42. The van der Waals surface area contributed by atoms with Crippen molar-refractivity contribution in [1.82, 2.24) is 15.1 Å². The number of nitrogens with one attached hydrogen (secondary N) is 1. The van der Waals surface area contributed by atoms with Crippen LogP contribution >= 0.6 is 11.6 Å². The first-order valence-corrected chi connectivity index (χ1v) is 7.94. The lowest BCUT2D eigenvalue weighted by Gasteiger charge is -2.24. The molecule has 4 heteroatoms. The van der Waals surface area contributed by atoms with E-state index in [1.165, 1.54) is 29.7 Å². The van der Waals surface area contributed by atoms with Crippen molar-refractivity contribution < 1.29 is 0 Å². The van der Waals surface area contributed by atoms with E-state index in [0.717, 1.165) is 10.9 Å². The lowest BCUT2D eigenvalue weighted by atomic mass is 10.00. The Balaban J connectivity index is 1.79. The van der Waals surface area contributed by atoms with Gasteiger partial charge in [-0.1, -0.05) is 23.7 Å². The van der Waals surface area contributed by atoms with E-state index in [4.69, 9.17) is 11.6 Å². The molecule has 2 aromatic rings. The fourth-order valence-electron chi connectivity index (χ4n) is 2.90. The molecule has 1 aliphatic carbocycles. The molecule has 1 aromatic heterocycles. The van der Waals surface area contributed by atoms with Crippen LogP contribution in [-0.2, 0) is 7.05 Å². The van der Waals surface area contributed by atoms with Gasteiger partial charge < -0.3 is 5.32 Å². The Kier molecular flexibility index (Phi) is 4.05. The normalized spacial score (nSPS) is 17.7. The molecular formula is C17H22ClN3. The minimum absolute atomic E-state index is 0.292. The fraction of sp³-hybridized carbons (Fsp3) is 0.471. The highest BCUT2D eigenvalue weighted by atomic mass is 35.5. The van der Waals surface area contributed by atoms with E-state index in [9.17, 15) is 0 Å². The van der Waals surface area contributed by atoms with Crippen molar-refractivity contribution in [3.8, 4) is 0 Å². The Hall–Kier alpha value is -1.32. The highest BCUT2D eigenvalue weighted by molar-refractivity contribution is 6.30. The zero-order chi connectivity index (χ0) is 15.0. The van der Waals surface area contributed by atoms with E-state index in [0.29, 0.717) is 12.1 Å². The van der Waals surface area contributed by atoms with E-state index in [1.807, 2.05) is 30.1 Å². The van der Waals surface area contributed by atoms with Crippen molar-refractivity contribution >= 4 is 11.6 Å². The van der Waals surface area contributed by atoms with Gasteiger partial charge in [-0.15, -0.1) is 0 Å². The molecule has 1 aromatic carbocycles. The van der Waals surface area contributed by atoms with Crippen LogP contribution in [0.3, 0.4) is 0 Å². The Morgan fingerprint density at radius 1 is 1.29 bits per heavy atom. The SMILES string of the molecule is Cc1c(C(C)NC(c2ccc(Cl)cc2)C2CC2)cnn1C. The van der Waals surface area contributed by atoms with Crippen LogP contribution in [0.5, 0.6) is 0 Å². The van der Waals surface area contributed by atoms with Crippen molar-refractivity contribution in [3.63, 3.8) is 0 Å². The maximum Gasteiger partial charge on any atom is 0.0540 e. The summed E-state index contributed by atoms with van der Waals surface area (Å²) in [5.74, 6) is 0.741. The zero-order valence-electron chi connectivity index (χ0n) is 12.8. The molecule has 1 N–H and O–H groups in total. The maximum absolute atomic E-state index is 6.01. The molecule has 0 saturated heterocycles. The van der Waals surface area contributed by atoms with Gasteiger partial charge in [0.2, 0.25) is 0 Å². The number of hydrogen-bond donors (Lipinski definition) is 1.